The lowest BCUT2D eigenvalue weighted by Gasteiger charge is -2.38. The second-order valence-electron chi connectivity index (χ2n) is 7.03. The highest BCUT2D eigenvalue weighted by atomic mass is 35.5. The van der Waals surface area contributed by atoms with E-state index in [-0.39, 0.29) is 18.4 Å². The molecule has 6 nitrogen and oxygen atoms in total. The van der Waals surface area contributed by atoms with E-state index in [0.29, 0.717) is 17.1 Å². The van der Waals surface area contributed by atoms with Crippen LogP contribution < -0.4 is 4.90 Å². The van der Waals surface area contributed by atoms with Crippen molar-refractivity contribution in [2.45, 2.75) is 19.1 Å². The fourth-order valence-electron chi connectivity index (χ4n) is 3.60. The second kappa shape index (κ2) is 9.01. The lowest BCUT2D eigenvalue weighted by molar-refractivity contribution is -0.137. The first-order chi connectivity index (χ1) is 13.9. The van der Waals surface area contributed by atoms with Crippen LogP contribution in [0.3, 0.4) is 0 Å². The van der Waals surface area contributed by atoms with Crippen molar-refractivity contribution in [1.82, 2.24) is 25.1 Å². The molecule has 160 valence electrons. The molecule has 10 heteroatoms. The fraction of sp³-hybridized carbons (Fsp3) is 0.350. The molecule has 1 aliphatic rings. The number of aromatic amines is 1. The Hall–Kier alpha value is -2.65. The van der Waals surface area contributed by atoms with Crippen LogP contribution in [0.2, 0.25) is 0 Å². The Balaban J connectivity index is 0.00000256. The second-order valence-corrected chi connectivity index (χ2v) is 7.03. The third-order valence-electron chi connectivity index (χ3n) is 5.33. The van der Waals surface area contributed by atoms with Crippen LogP contribution in [-0.4, -0.2) is 51.2 Å². The lowest BCUT2D eigenvalue weighted by Crippen LogP contribution is -2.47. The quantitative estimate of drug-likeness (QED) is 0.661. The monoisotopic (exact) mass is 438 g/mol. The molecule has 1 aromatic carbocycles. The van der Waals surface area contributed by atoms with Crippen LogP contribution in [0.25, 0.3) is 11.3 Å². The van der Waals surface area contributed by atoms with Gasteiger partial charge in [-0.1, -0.05) is 12.1 Å². The minimum atomic E-state index is -4.36. The normalized spacial score (nSPS) is 16.2. The molecule has 0 saturated carbocycles. The first-order valence-electron chi connectivity index (χ1n) is 9.40. The number of aromatic nitrogens is 4. The summed E-state index contributed by atoms with van der Waals surface area (Å²) in [6.45, 7) is 5.35. The maximum Gasteiger partial charge on any atom is 0.416 e. The van der Waals surface area contributed by atoms with E-state index in [1.54, 1.807) is 12.4 Å². The number of rotatable bonds is 4. The molecule has 1 aliphatic heterocycles. The number of alkyl halides is 3. The summed E-state index contributed by atoms with van der Waals surface area (Å²) >= 11 is 0. The molecule has 1 fully saturated rings. The summed E-state index contributed by atoms with van der Waals surface area (Å²) < 4.78 is 38.5. The van der Waals surface area contributed by atoms with Crippen molar-refractivity contribution in [2.24, 2.45) is 0 Å². The van der Waals surface area contributed by atoms with Crippen molar-refractivity contribution in [3.8, 4) is 11.3 Å². The Morgan fingerprint density at radius 2 is 1.67 bits per heavy atom. The van der Waals surface area contributed by atoms with E-state index in [1.165, 1.54) is 12.1 Å². The van der Waals surface area contributed by atoms with Gasteiger partial charge < -0.3 is 4.90 Å². The van der Waals surface area contributed by atoms with Crippen molar-refractivity contribution >= 4 is 18.2 Å². The van der Waals surface area contributed by atoms with Gasteiger partial charge in [-0.15, -0.1) is 12.4 Å². The molecule has 3 aromatic rings. The van der Waals surface area contributed by atoms with Gasteiger partial charge in [0.2, 0.25) is 0 Å². The van der Waals surface area contributed by atoms with E-state index in [2.05, 4.69) is 36.9 Å². The summed E-state index contributed by atoms with van der Waals surface area (Å²) in [6, 6.07) is 5.32. The topological polar surface area (TPSA) is 60.9 Å². The van der Waals surface area contributed by atoms with E-state index in [9.17, 15) is 13.2 Å². The average Bonchev–Trinajstić information content (AvgIpc) is 3.28. The Kier molecular flexibility index (Phi) is 6.62. The maximum absolute atomic E-state index is 12.8. The minimum Gasteiger partial charge on any atom is -0.352 e. The molecule has 1 saturated heterocycles. The molecule has 1 unspecified atom stereocenters. The Morgan fingerprint density at radius 1 is 1.00 bits per heavy atom. The molecule has 0 aliphatic carbocycles. The highest BCUT2D eigenvalue weighted by Gasteiger charge is 2.30. The summed E-state index contributed by atoms with van der Waals surface area (Å²) in [7, 11) is 0. The molecular formula is C20H22ClF3N6. The standard InChI is InChI=1S/C20H21F3N6.ClH/c1-14(16-12-26-27-13-16)28-8-10-29(11-9-28)19-18(24-6-7-25-19)15-2-4-17(5-3-15)20(21,22)23;/h2-7,12-14H,8-11H2,1H3,(H,26,27);1H. The Bertz CT molecular complexity index is 938. The van der Waals surface area contributed by atoms with Gasteiger partial charge in [0, 0.05) is 61.9 Å². The predicted octanol–water partition coefficient (Wildman–Crippen LogP) is 4.19. The van der Waals surface area contributed by atoms with Crippen LogP contribution in [0.1, 0.15) is 24.1 Å². The molecule has 30 heavy (non-hydrogen) atoms. The predicted molar refractivity (Wildman–Crippen MR) is 111 cm³/mol. The zero-order valence-corrected chi connectivity index (χ0v) is 17.1. The highest BCUT2D eigenvalue weighted by Crippen LogP contribution is 2.33. The van der Waals surface area contributed by atoms with Crippen LogP contribution in [0.5, 0.6) is 0 Å². The number of nitrogens with one attached hydrogen (secondary N) is 1. The van der Waals surface area contributed by atoms with Crippen molar-refractivity contribution in [2.75, 3.05) is 31.1 Å². The zero-order valence-electron chi connectivity index (χ0n) is 16.3. The summed E-state index contributed by atoms with van der Waals surface area (Å²) in [5.74, 6) is 0.697. The van der Waals surface area contributed by atoms with Gasteiger partial charge in [-0.25, -0.2) is 4.98 Å². The SMILES string of the molecule is CC(c1cn[nH]c1)N1CCN(c2nccnc2-c2ccc(C(F)(F)F)cc2)CC1.Cl. The van der Waals surface area contributed by atoms with Crippen LogP contribution in [0.4, 0.5) is 19.0 Å². The van der Waals surface area contributed by atoms with E-state index in [4.69, 9.17) is 0 Å². The molecule has 4 rings (SSSR count). The van der Waals surface area contributed by atoms with Crippen molar-refractivity contribution in [3.05, 3.63) is 60.2 Å². The first kappa shape index (κ1) is 22.0. The summed E-state index contributed by atoms with van der Waals surface area (Å²) in [5, 5.41) is 6.86. The first-order valence-corrected chi connectivity index (χ1v) is 9.40. The average molecular weight is 439 g/mol. The van der Waals surface area contributed by atoms with Gasteiger partial charge in [0.1, 0.15) is 5.69 Å². The van der Waals surface area contributed by atoms with E-state index >= 15 is 0 Å². The third-order valence-corrected chi connectivity index (χ3v) is 5.33. The molecule has 0 spiro atoms. The van der Waals surface area contributed by atoms with Gasteiger partial charge in [-0.05, 0) is 19.1 Å². The smallest absolute Gasteiger partial charge is 0.352 e. The van der Waals surface area contributed by atoms with E-state index < -0.39 is 11.7 Å². The highest BCUT2D eigenvalue weighted by molar-refractivity contribution is 5.85. The molecule has 0 radical (unpaired) electrons. The van der Waals surface area contributed by atoms with Crippen molar-refractivity contribution in [3.63, 3.8) is 0 Å². The molecule has 3 heterocycles. The van der Waals surface area contributed by atoms with Crippen LogP contribution in [-0.2, 0) is 6.18 Å². The van der Waals surface area contributed by atoms with E-state index in [1.807, 2.05) is 12.4 Å². The number of hydrogen-bond acceptors (Lipinski definition) is 5. The number of H-pyrrole nitrogens is 1. The summed E-state index contributed by atoms with van der Waals surface area (Å²) in [6.07, 6.45) is 2.56. The van der Waals surface area contributed by atoms with Gasteiger partial charge in [0.15, 0.2) is 5.82 Å². The van der Waals surface area contributed by atoms with Gasteiger partial charge in [0.25, 0.3) is 0 Å². The van der Waals surface area contributed by atoms with Gasteiger partial charge in [-0.3, -0.25) is 15.0 Å². The maximum atomic E-state index is 12.8. The molecule has 1 atom stereocenters. The van der Waals surface area contributed by atoms with Crippen LogP contribution in [0.15, 0.2) is 49.1 Å². The summed E-state index contributed by atoms with van der Waals surface area (Å²) in [4.78, 5) is 13.4. The number of nitrogens with zero attached hydrogens (tertiary/aromatic N) is 5. The lowest BCUT2D eigenvalue weighted by atomic mass is 10.1. The van der Waals surface area contributed by atoms with Crippen LogP contribution in [0, 0.1) is 0 Å². The molecule has 0 amide bonds. The molecular weight excluding hydrogens is 417 g/mol. The fourth-order valence-corrected chi connectivity index (χ4v) is 3.60. The number of halogens is 4. The van der Waals surface area contributed by atoms with E-state index in [0.717, 1.165) is 43.9 Å². The Labute approximate surface area is 178 Å². The van der Waals surface area contributed by atoms with Crippen LogP contribution >= 0.6 is 12.4 Å². The van der Waals surface area contributed by atoms with Gasteiger partial charge >= 0.3 is 6.18 Å². The largest absolute Gasteiger partial charge is 0.416 e. The van der Waals surface area contributed by atoms with Gasteiger partial charge in [-0.2, -0.15) is 18.3 Å². The zero-order chi connectivity index (χ0) is 20.4. The summed E-state index contributed by atoms with van der Waals surface area (Å²) in [5.41, 5.74) is 1.68. The number of piperazine rings is 1. The number of benzene rings is 1. The third kappa shape index (κ3) is 4.57. The molecule has 2 aromatic heterocycles. The Morgan fingerprint density at radius 3 is 2.27 bits per heavy atom. The van der Waals surface area contributed by atoms with Crippen molar-refractivity contribution < 1.29 is 13.2 Å². The molecule has 1 N–H and O–H groups in total. The molecule has 0 bridgehead atoms. The minimum absolute atomic E-state index is 0. The van der Waals surface area contributed by atoms with Crippen molar-refractivity contribution in [1.29, 1.82) is 0 Å². The number of anilines is 1. The number of hydrogen-bond donors (Lipinski definition) is 1. The van der Waals surface area contributed by atoms with Gasteiger partial charge in [0.05, 0.1) is 11.8 Å².